The van der Waals surface area contributed by atoms with Gasteiger partial charge in [0.15, 0.2) is 0 Å². The number of rotatable bonds is 0. The van der Waals surface area contributed by atoms with Crippen molar-refractivity contribution in [2.75, 3.05) is 0 Å². The smallest absolute Gasteiger partial charge is 0.124 e. The number of nitrogens with two attached hydrogens (primary N) is 1. The number of hydrogen-bond donors (Lipinski definition) is 1. The van der Waals surface area contributed by atoms with Crippen LogP contribution < -0.4 is 10.5 Å². The van der Waals surface area contributed by atoms with Crippen molar-refractivity contribution in [1.29, 1.82) is 0 Å². The Morgan fingerprint density at radius 2 is 2.06 bits per heavy atom. The molecule has 0 aliphatic carbocycles. The lowest BCUT2D eigenvalue weighted by Crippen LogP contribution is -2.38. The van der Waals surface area contributed by atoms with Crippen molar-refractivity contribution in [3.05, 3.63) is 28.8 Å². The van der Waals surface area contributed by atoms with Gasteiger partial charge in [-0.25, -0.2) is 0 Å². The van der Waals surface area contributed by atoms with Crippen molar-refractivity contribution < 1.29 is 4.74 Å². The summed E-state index contributed by atoms with van der Waals surface area (Å²) < 4.78 is 5.98. The van der Waals surface area contributed by atoms with Crippen molar-refractivity contribution in [3.63, 3.8) is 0 Å². The molecule has 2 N–H and O–H groups in total. The third-order valence-electron chi connectivity index (χ3n) is 3.07. The van der Waals surface area contributed by atoms with E-state index in [4.69, 9.17) is 22.1 Å². The lowest BCUT2D eigenvalue weighted by molar-refractivity contribution is 0.0581. The summed E-state index contributed by atoms with van der Waals surface area (Å²) in [4.78, 5) is 0. The van der Waals surface area contributed by atoms with Gasteiger partial charge in [-0.1, -0.05) is 32.4 Å². The van der Waals surface area contributed by atoms with Crippen molar-refractivity contribution in [3.8, 4) is 5.75 Å². The topological polar surface area (TPSA) is 35.2 Å². The summed E-state index contributed by atoms with van der Waals surface area (Å²) in [5.41, 5.74) is 7.29. The lowest BCUT2D eigenvalue weighted by Gasteiger charge is -2.37. The highest BCUT2D eigenvalue weighted by atomic mass is 35.5. The summed E-state index contributed by atoms with van der Waals surface area (Å²) in [6.07, 6.45) is 1.01. The molecule has 3 heteroatoms. The molecule has 1 aliphatic rings. The predicted octanol–water partition coefficient (Wildman–Crippen LogP) is 3.54. The van der Waals surface area contributed by atoms with Crippen LogP contribution in [0.2, 0.25) is 5.02 Å². The fraction of sp³-hybridized carbons (Fsp3) is 0.538. The predicted molar refractivity (Wildman–Crippen MR) is 66.9 cm³/mol. The van der Waals surface area contributed by atoms with E-state index in [0.717, 1.165) is 17.7 Å². The van der Waals surface area contributed by atoms with Gasteiger partial charge in [-0.15, -0.1) is 0 Å². The number of hydrogen-bond acceptors (Lipinski definition) is 2. The first kappa shape index (κ1) is 11.7. The molecule has 2 nitrogen and oxygen atoms in total. The van der Waals surface area contributed by atoms with Gasteiger partial charge in [0.2, 0.25) is 0 Å². The van der Waals surface area contributed by atoms with Gasteiger partial charge in [0.1, 0.15) is 11.9 Å². The van der Waals surface area contributed by atoms with Crippen LogP contribution in [0.15, 0.2) is 18.2 Å². The third-order valence-corrected chi connectivity index (χ3v) is 3.31. The standard InChI is InChI=1S/C13H18ClNO/c1-13(2,3)12-7-10(15)9-6-8(14)4-5-11(9)16-12/h4-6,10,12H,7,15H2,1-3H3/t10-,12?/m0/s1. The molecule has 1 aliphatic heterocycles. The van der Waals surface area contributed by atoms with Crippen molar-refractivity contribution in [1.82, 2.24) is 0 Å². The number of halogens is 1. The number of ether oxygens (including phenoxy) is 1. The summed E-state index contributed by atoms with van der Waals surface area (Å²) in [7, 11) is 0. The van der Waals surface area contributed by atoms with E-state index >= 15 is 0 Å². The monoisotopic (exact) mass is 239 g/mol. The molecule has 0 aromatic heterocycles. The molecular weight excluding hydrogens is 222 g/mol. The second kappa shape index (κ2) is 3.94. The zero-order chi connectivity index (χ0) is 11.9. The van der Waals surface area contributed by atoms with Crippen LogP contribution in [-0.2, 0) is 0 Å². The molecule has 1 heterocycles. The highest BCUT2D eigenvalue weighted by Gasteiger charge is 2.33. The van der Waals surface area contributed by atoms with Crippen LogP contribution in [0.4, 0.5) is 0 Å². The van der Waals surface area contributed by atoms with E-state index in [9.17, 15) is 0 Å². The van der Waals surface area contributed by atoms with E-state index in [2.05, 4.69) is 20.8 Å². The maximum Gasteiger partial charge on any atom is 0.124 e. The van der Waals surface area contributed by atoms with Crippen LogP contribution in [-0.4, -0.2) is 6.10 Å². The first-order valence-corrected chi connectivity index (χ1v) is 5.97. The lowest BCUT2D eigenvalue weighted by atomic mass is 9.82. The molecule has 0 amide bonds. The van der Waals surface area contributed by atoms with Crippen LogP contribution in [0.25, 0.3) is 0 Å². The summed E-state index contributed by atoms with van der Waals surface area (Å²) in [6.45, 7) is 6.52. The molecule has 2 atom stereocenters. The van der Waals surface area contributed by atoms with Crippen molar-refractivity contribution in [2.45, 2.75) is 39.3 Å². The van der Waals surface area contributed by atoms with Gasteiger partial charge in [0.05, 0.1) is 0 Å². The SMILES string of the molecule is CC(C)(C)C1C[C@H](N)c2cc(Cl)ccc2O1. The number of fused-ring (bicyclic) bond motifs is 1. The summed E-state index contributed by atoms with van der Waals surface area (Å²) in [5.74, 6) is 0.878. The Kier molecular flexibility index (Phi) is 2.89. The van der Waals surface area contributed by atoms with E-state index in [1.807, 2.05) is 18.2 Å². The first-order chi connectivity index (χ1) is 7.38. The Bertz CT molecular complexity index is 397. The minimum atomic E-state index is 0.0201. The van der Waals surface area contributed by atoms with E-state index < -0.39 is 0 Å². The van der Waals surface area contributed by atoms with Gasteiger partial charge in [-0.3, -0.25) is 0 Å². The van der Waals surface area contributed by atoms with Gasteiger partial charge in [-0.05, 0) is 23.6 Å². The first-order valence-electron chi connectivity index (χ1n) is 5.59. The molecule has 0 fully saturated rings. The molecule has 0 radical (unpaired) electrons. The van der Waals surface area contributed by atoms with Gasteiger partial charge in [0.25, 0.3) is 0 Å². The second-order valence-corrected chi connectivity index (χ2v) is 5.93. The largest absolute Gasteiger partial charge is 0.489 e. The fourth-order valence-electron chi connectivity index (χ4n) is 2.01. The van der Waals surface area contributed by atoms with Gasteiger partial charge in [-0.2, -0.15) is 0 Å². The Balaban J connectivity index is 2.34. The summed E-state index contributed by atoms with van der Waals surface area (Å²) >= 11 is 5.96. The molecule has 1 aromatic rings. The highest BCUT2D eigenvalue weighted by Crippen LogP contribution is 2.40. The third kappa shape index (κ3) is 2.18. The Morgan fingerprint density at radius 1 is 1.38 bits per heavy atom. The van der Waals surface area contributed by atoms with Crippen LogP contribution in [0.3, 0.4) is 0 Å². The van der Waals surface area contributed by atoms with Crippen LogP contribution in [0.1, 0.15) is 38.8 Å². The van der Waals surface area contributed by atoms with Crippen LogP contribution >= 0.6 is 11.6 Å². The molecule has 2 rings (SSSR count). The van der Waals surface area contributed by atoms with Crippen LogP contribution in [0, 0.1) is 5.41 Å². The molecular formula is C13H18ClNO. The van der Waals surface area contributed by atoms with E-state index in [0.29, 0.717) is 5.02 Å². The fourth-order valence-corrected chi connectivity index (χ4v) is 2.19. The summed E-state index contributed by atoms with van der Waals surface area (Å²) in [6, 6.07) is 5.68. The zero-order valence-electron chi connectivity index (χ0n) is 9.96. The quantitative estimate of drug-likeness (QED) is 0.752. The Labute approximate surface area is 102 Å². The zero-order valence-corrected chi connectivity index (χ0v) is 10.7. The van der Waals surface area contributed by atoms with E-state index in [1.165, 1.54) is 0 Å². The average molecular weight is 240 g/mol. The van der Waals surface area contributed by atoms with E-state index in [1.54, 1.807) is 0 Å². The van der Waals surface area contributed by atoms with Crippen LogP contribution in [0.5, 0.6) is 5.75 Å². The molecule has 0 saturated heterocycles. The van der Waals surface area contributed by atoms with Crippen molar-refractivity contribution in [2.24, 2.45) is 11.1 Å². The molecule has 0 bridgehead atoms. The minimum Gasteiger partial charge on any atom is -0.489 e. The second-order valence-electron chi connectivity index (χ2n) is 5.50. The minimum absolute atomic E-state index is 0.0201. The number of benzene rings is 1. The maximum atomic E-state index is 6.16. The summed E-state index contributed by atoms with van der Waals surface area (Å²) in [5, 5.41) is 0.715. The average Bonchev–Trinajstić information content (AvgIpc) is 2.17. The molecule has 0 saturated carbocycles. The maximum absolute atomic E-state index is 6.16. The molecule has 1 aromatic carbocycles. The van der Waals surface area contributed by atoms with E-state index in [-0.39, 0.29) is 17.6 Å². The van der Waals surface area contributed by atoms with Crippen molar-refractivity contribution >= 4 is 11.6 Å². The highest BCUT2D eigenvalue weighted by molar-refractivity contribution is 6.30. The molecule has 88 valence electrons. The van der Waals surface area contributed by atoms with Gasteiger partial charge < -0.3 is 10.5 Å². The Morgan fingerprint density at radius 3 is 2.69 bits per heavy atom. The Hall–Kier alpha value is -0.730. The van der Waals surface area contributed by atoms with Gasteiger partial charge in [0, 0.05) is 23.0 Å². The normalized spacial score (nSPS) is 24.8. The van der Waals surface area contributed by atoms with Gasteiger partial charge >= 0.3 is 0 Å². The molecule has 1 unspecified atom stereocenters. The molecule has 0 spiro atoms. The molecule has 16 heavy (non-hydrogen) atoms.